The summed E-state index contributed by atoms with van der Waals surface area (Å²) in [7, 11) is 3.24. The zero-order chi connectivity index (χ0) is 25.3. The van der Waals surface area contributed by atoms with Crippen molar-refractivity contribution >= 4 is 5.69 Å². The number of anilines is 1. The maximum atomic E-state index is 15.8. The third kappa shape index (κ3) is 4.22. The lowest BCUT2D eigenvalue weighted by molar-refractivity contribution is 0.109. The lowest BCUT2D eigenvalue weighted by atomic mass is 9.91. The zero-order valence-corrected chi connectivity index (χ0v) is 19.7. The second-order valence-corrected chi connectivity index (χ2v) is 8.54. The third-order valence-electron chi connectivity index (χ3n) is 6.34. The molecule has 11 heteroatoms. The van der Waals surface area contributed by atoms with Crippen LogP contribution in [0.25, 0.3) is 22.5 Å². The Labute approximate surface area is 206 Å². The number of methoxy groups -OCH3 is 1. The van der Waals surface area contributed by atoms with Crippen LogP contribution in [-0.4, -0.2) is 49.9 Å². The highest BCUT2D eigenvalue weighted by atomic mass is 19.1. The fourth-order valence-electron chi connectivity index (χ4n) is 4.46. The van der Waals surface area contributed by atoms with Gasteiger partial charge in [-0.15, -0.1) is 10.2 Å². The molecule has 1 aliphatic heterocycles. The van der Waals surface area contributed by atoms with E-state index in [2.05, 4.69) is 26.2 Å². The van der Waals surface area contributed by atoms with Gasteiger partial charge < -0.3 is 14.2 Å². The second kappa shape index (κ2) is 9.30. The molecule has 0 atom stereocenters. The fourth-order valence-corrected chi connectivity index (χ4v) is 4.46. The van der Waals surface area contributed by atoms with Crippen molar-refractivity contribution in [3.05, 3.63) is 66.4 Å². The van der Waals surface area contributed by atoms with Gasteiger partial charge >= 0.3 is 0 Å². The summed E-state index contributed by atoms with van der Waals surface area (Å²) in [6.45, 7) is 0.648. The molecule has 0 bridgehead atoms. The highest BCUT2D eigenvalue weighted by Crippen LogP contribution is 2.41. The predicted octanol–water partition coefficient (Wildman–Crippen LogP) is 3.82. The first kappa shape index (κ1) is 23.3. The highest BCUT2D eigenvalue weighted by Gasteiger charge is 2.41. The van der Waals surface area contributed by atoms with Gasteiger partial charge in [0.05, 0.1) is 29.7 Å². The Bertz CT molecular complexity index is 1420. The summed E-state index contributed by atoms with van der Waals surface area (Å²) in [5.41, 5.74) is 1.47. The Hall–Kier alpha value is -4.46. The lowest BCUT2D eigenvalue weighted by Crippen LogP contribution is -2.42. The molecule has 0 radical (unpaired) electrons. The number of halogens is 2. The second-order valence-electron chi connectivity index (χ2n) is 8.54. The summed E-state index contributed by atoms with van der Waals surface area (Å²) in [5, 5.41) is 17.9. The molecule has 5 rings (SSSR count). The molecular weight excluding hydrogens is 466 g/mol. The van der Waals surface area contributed by atoms with Gasteiger partial charge in [0.25, 0.3) is 0 Å². The van der Waals surface area contributed by atoms with E-state index in [-0.39, 0.29) is 18.7 Å². The largest absolute Gasteiger partial charge is 0.481 e. The smallest absolute Gasteiger partial charge is 0.212 e. The Kier molecular flexibility index (Phi) is 6.01. The van der Waals surface area contributed by atoms with Crippen molar-refractivity contribution in [1.82, 2.24) is 29.7 Å². The van der Waals surface area contributed by atoms with Crippen molar-refractivity contribution in [1.29, 1.82) is 5.26 Å². The summed E-state index contributed by atoms with van der Waals surface area (Å²) < 4.78 is 36.1. The number of ether oxygens (including phenoxy) is 1. The number of piperidine rings is 1. The van der Waals surface area contributed by atoms with E-state index >= 15 is 4.39 Å². The summed E-state index contributed by atoms with van der Waals surface area (Å²) in [5.74, 6) is 0.107. The molecule has 0 N–H and O–H groups in total. The Morgan fingerprint density at radius 1 is 1.08 bits per heavy atom. The number of pyridine rings is 3. The predicted molar refractivity (Wildman–Crippen MR) is 127 cm³/mol. The SMILES string of the molecule is COc1ccc(-c2cc(C#N)c(N3CCC(F)(c4nncn4C)CC3)c(-c3ccc(F)nc3)n2)cn1. The van der Waals surface area contributed by atoms with Gasteiger partial charge in [-0.1, -0.05) is 0 Å². The van der Waals surface area contributed by atoms with Gasteiger partial charge in [-0.05, 0) is 24.3 Å². The number of alkyl halides is 1. The van der Waals surface area contributed by atoms with Crippen LogP contribution in [-0.2, 0) is 12.7 Å². The molecule has 36 heavy (non-hydrogen) atoms. The minimum absolute atomic E-state index is 0.162. The molecule has 0 unspecified atom stereocenters. The molecule has 1 aliphatic rings. The minimum Gasteiger partial charge on any atom is -0.481 e. The molecule has 0 aliphatic carbocycles. The Morgan fingerprint density at radius 2 is 1.83 bits per heavy atom. The topological polar surface area (TPSA) is 106 Å². The van der Waals surface area contributed by atoms with E-state index in [9.17, 15) is 9.65 Å². The molecule has 182 valence electrons. The van der Waals surface area contributed by atoms with Crippen LogP contribution < -0.4 is 9.64 Å². The maximum absolute atomic E-state index is 15.8. The molecule has 9 nitrogen and oxygen atoms in total. The van der Waals surface area contributed by atoms with Crippen LogP contribution in [0.2, 0.25) is 0 Å². The zero-order valence-electron chi connectivity index (χ0n) is 19.7. The molecule has 0 amide bonds. The molecular formula is C25H22F2N8O. The minimum atomic E-state index is -1.63. The van der Waals surface area contributed by atoms with Crippen LogP contribution in [0.4, 0.5) is 14.5 Å². The van der Waals surface area contributed by atoms with Crippen LogP contribution in [0.1, 0.15) is 24.2 Å². The van der Waals surface area contributed by atoms with Crippen molar-refractivity contribution in [2.75, 3.05) is 25.1 Å². The van der Waals surface area contributed by atoms with E-state index in [1.165, 1.54) is 25.7 Å². The van der Waals surface area contributed by atoms with Gasteiger partial charge in [0.2, 0.25) is 11.8 Å². The summed E-state index contributed by atoms with van der Waals surface area (Å²) in [6.07, 6.45) is 4.79. The first-order chi connectivity index (χ1) is 17.4. The van der Waals surface area contributed by atoms with E-state index in [1.54, 1.807) is 42.1 Å². The molecule has 0 spiro atoms. The average molecular weight is 489 g/mol. The number of aromatic nitrogens is 6. The quantitative estimate of drug-likeness (QED) is 0.391. The number of nitrogens with zero attached hydrogens (tertiary/aromatic N) is 8. The molecule has 0 aromatic carbocycles. The van der Waals surface area contributed by atoms with Crippen LogP contribution in [0.3, 0.4) is 0 Å². The average Bonchev–Trinajstić information content (AvgIpc) is 3.36. The van der Waals surface area contributed by atoms with Crippen molar-refractivity contribution < 1.29 is 13.5 Å². The van der Waals surface area contributed by atoms with Crippen molar-refractivity contribution in [3.8, 4) is 34.5 Å². The number of aryl methyl sites for hydroxylation is 1. The highest BCUT2D eigenvalue weighted by molar-refractivity contribution is 5.83. The van der Waals surface area contributed by atoms with E-state index in [1.807, 2.05) is 4.90 Å². The van der Waals surface area contributed by atoms with Crippen LogP contribution in [0.15, 0.2) is 49.1 Å². The van der Waals surface area contributed by atoms with E-state index in [4.69, 9.17) is 9.72 Å². The molecule has 1 saturated heterocycles. The maximum Gasteiger partial charge on any atom is 0.212 e. The third-order valence-corrected chi connectivity index (χ3v) is 6.34. The molecule has 0 saturated carbocycles. The standard InChI is InChI=1S/C25H22F2N8O/c1-34-15-31-33-24(34)25(27)7-9-35(10-8-25)23-18(12-28)11-19(16-4-6-21(36-2)30-13-16)32-22(23)17-3-5-20(26)29-14-17/h3-6,11,13-15H,7-10H2,1-2H3. The van der Waals surface area contributed by atoms with Crippen molar-refractivity contribution in [3.63, 3.8) is 0 Å². The summed E-state index contributed by atoms with van der Waals surface area (Å²) in [4.78, 5) is 14.8. The van der Waals surface area contributed by atoms with Crippen molar-refractivity contribution in [2.45, 2.75) is 18.5 Å². The van der Waals surface area contributed by atoms with Gasteiger partial charge in [0.15, 0.2) is 11.5 Å². The molecule has 4 aromatic rings. The van der Waals surface area contributed by atoms with Crippen molar-refractivity contribution in [2.24, 2.45) is 7.05 Å². The number of hydrogen-bond acceptors (Lipinski definition) is 8. The number of rotatable bonds is 5. The van der Waals surface area contributed by atoms with Gasteiger partial charge in [-0.3, -0.25) is 0 Å². The first-order valence-electron chi connectivity index (χ1n) is 11.3. The van der Waals surface area contributed by atoms with Gasteiger partial charge in [0.1, 0.15) is 12.4 Å². The molecule has 5 heterocycles. The van der Waals surface area contributed by atoms with Gasteiger partial charge in [-0.2, -0.15) is 9.65 Å². The van der Waals surface area contributed by atoms with E-state index in [0.717, 1.165) is 0 Å². The van der Waals surface area contributed by atoms with E-state index < -0.39 is 11.6 Å². The molecule has 1 fully saturated rings. The van der Waals surface area contributed by atoms with Crippen LogP contribution in [0, 0.1) is 17.3 Å². The lowest BCUT2D eigenvalue weighted by Gasteiger charge is -2.38. The normalized spacial score (nSPS) is 14.9. The first-order valence-corrected chi connectivity index (χ1v) is 11.3. The molecule has 4 aromatic heterocycles. The summed E-state index contributed by atoms with van der Waals surface area (Å²) >= 11 is 0. The Morgan fingerprint density at radius 3 is 2.42 bits per heavy atom. The van der Waals surface area contributed by atoms with Crippen LogP contribution >= 0.6 is 0 Å². The summed E-state index contributed by atoms with van der Waals surface area (Å²) in [6, 6.07) is 10.2. The number of nitriles is 1. The van der Waals surface area contributed by atoms with E-state index in [0.29, 0.717) is 52.7 Å². The van der Waals surface area contributed by atoms with Gasteiger partial charge in [0, 0.05) is 62.6 Å². The fraction of sp³-hybridized carbons (Fsp3) is 0.280. The Balaban J connectivity index is 1.57. The number of hydrogen-bond donors (Lipinski definition) is 0. The van der Waals surface area contributed by atoms with Crippen LogP contribution in [0.5, 0.6) is 5.88 Å². The van der Waals surface area contributed by atoms with Gasteiger partial charge in [-0.25, -0.2) is 19.3 Å². The monoisotopic (exact) mass is 488 g/mol.